The number of thiophene rings is 1. The van der Waals surface area contributed by atoms with Gasteiger partial charge in [-0.15, -0.1) is 11.3 Å². The maximum absolute atomic E-state index is 12.9. The number of amides is 1. The largest absolute Gasteiger partial charge is 0.274 e. The van der Waals surface area contributed by atoms with Gasteiger partial charge in [-0.05, 0) is 35.7 Å². The number of amidine groups is 1. The fourth-order valence-corrected chi connectivity index (χ4v) is 4.90. The quantitative estimate of drug-likeness (QED) is 0.602. The number of thioether (sulfide) groups is 1. The number of anilines is 1. The van der Waals surface area contributed by atoms with E-state index in [2.05, 4.69) is 11.4 Å². The minimum atomic E-state index is 0.0815. The van der Waals surface area contributed by atoms with Crippen LogP contribution in [-0.4, -0.2) is 11.1 Å². The van der Waals surface area contributed by atoms with Crippen LogP contribution in [0.3, 0.4) is 0 Å². The van der Waals surface area contributed by atoms with Gasteiger partial charge in [0.15, 0.2) is 5.17 Å². The molecular weight excluding hydrogens is 348 g/mol. The van der Waals surface area contributed by atoms with Gasteiger partial charge < -0.3 is 0 Å². The fourth-order valence-electron chi connectivity index (χ4n) is 2.73. The van der Waals surface area contributed by atoms with Crippen molar-refractivity contribution in [2.45, 2.75) is 11.7 Å². The summed E-state index contributed by atoms with van der Waals surface area (Å²) in [5.74, 6) is 0.0815. The zero-order valence-corrected chi connectivity index (χ0v) is 15.0. The average molecular weight is 364 g/mol. The van der Waals surface area contributed by atoms with Crippen LogP contribution in [0.1, 0.15) is 16.5 Å². The summed E-state index contributed by atoms with van der Waals surface area (Å²) < 4.78 is 0. The van der Waals surface area contributed by atoms with Crippen LogP contribution in [0.5, 0.6) is 0 Å². The molecule has 1 aromatic heterocycles. The third-order valence-corrected chi connectivity index (χ3v) is 6.23. The molecular formula is C20H16N2OS2. The summed E-state index contributed by atoms with van der Waals surface area (Å²) in [5.41, 5.74) is 1.71. The van der Waals surface area contributed by atoms with Crippen LogP contribution >= 0.6 is 23.1 Å². The second kappa shape index (κ2) is 7.25. The molecule has 1 atom stereocenters. The summed E-state index contributed by atoms with van der Waals surface area (Å²) in [6, 6.07) is 23.6. The molecule has 1 fully saturated rings. The first kappa shape index (κ1) is 16.1. The van der Waals surface area contributed by atoms with Gasteiger partial charge >= 0.3 is 0 Å². The Kier molecular flexibility index (Phi) is 4.68. The van der Waals surface area contributed by atoms with Gasteiger partial charge in [0.05, 0.1) is 16.6 Å². The molecule has 0 aliphatic carbocycles. The number of hydrogen-bond acceptors (Lipinski definition) is 4. The first-order valence-corrected chi connectivity index (χ1v) is 9.79. The van der Waals surface area contributed by atoms with Crippen molar-refractivity contribution in [2.24, 2.45) is 4.99 Å². The number of nitrogens with zero attached hydrogens (tertiary/aromatic N) is 2. The van der Waals surface area contributed by atoms with E-state index in [0.29, 0.717) is 6.42 Å². The van der Waals surface area contributed by atoms with Crippen molar-refractivity contribution in [2.75, 3.05) is 4.90 Å². The Balaban J connectivity index is 1.75. The number of rotatable bonds is 3. The van der Waals surface area contributed by atoms with Gasteiger partial charge in [-0.25, -0.2) is 4.99 Å². The monoisotopic (exact) mass is 364 g/mol. The Hall–Kier alpha value is -2.37. The highest BCUT2D eigenvalue weighted by molar-refractivity contribution is 8.14. The lowest BCUT2D eigenvalue weighted by molar-refractivity contribution is -0.117. The first-order valence-electron chi connectivity index (χ1n) is 8.03. The number of aliphatic imine (C=N–C) groups is 1. The highest BCUT2D eigenvalue weighted by Crippen LogP contribution is 2.42. The van der Waals surface area contributed by atoms with Gasteiger partial charge in [-0.3, -0.25) is 9.69 Å². The molecule has 2 aromatic carbocycles. The standard InChI is InChI=1S/C20H16N2OS2/c23-19-14-18(17-12-7-13-24-17)25-20(21-15-8-3-1-4-9-15)22(19)16-10-5-2-6-11-16/h1-13,18H,14H2/t18-/m1/s1. The first-order chi connectivity index (χ1) is 12.3. The summed E-state index contributed by atoms with van der Waals surface area (Å²) in [5, 5.41) is 2.90. The Morgan fingerprint density at radius 2 is 1.64 bits per heavy atom. The van der Waals surface area contributed by atoms with E-state index in [-0.39, 0.29) is 11.2 Å². The number of benzene rings is 2. The van der Waals surface area contributed by atoms with Gasteiger partial charge in [0.25, 0.3) is 0 Å². The number of hydrogen-bond donors (Lipinski definition) is 0. The summed E-state index contributed by atoms with van der Waals surface area (Å²) in [7, 11) is 0. The predicted molar refractivity (Wildman–Crippen MR) is 107 cm³/mol. The van der Waals surface area contributed by atoms with Crippen molar-refractivity contribution in [3.8, 4) is 0 Å². The predicted octanol–water partition coefficient (Wildman–Crippen LogP) is 5.65. The molecule has 0 saturated carbocycles. The molecule has 3 nitrogen and oxygen atoms in total. The molecule has 0 spiro atoms. The Labute approximate surface area is 155 Å². The van der Waals surface area contributed by atoms with E-state index >= 15 is 0 Å². The normalized spacial score (nSPS) is 19.4. The van der Waals surface area contributed by atoms with Crippen LogP contribution in [0.4, 0.5) is 11.4 Å². The third kappa shape index (κ3) is 3.52. The van der Waals surface area contributed by atoms with Gasteiger partial charge in [-0.2, -0.15) is 0 Å². The molecule has 0 unspecified atom stereocenters. The van der Waals surface area contributed by atoms with Gasteiger partial charge in [0, 0.05) is 11.3 Å². The molecule has 3 aromatic rings. The van der Waals surface area contributed by atoms with E-state index < -0.39 is 0 Å². The summed E-state index contributed by atoms with van der Waals surface area (Å²) in [4.78, 5) is 20.7. The summed E-state index contributed by atoms with van der Waals surface area (Å²) in [6.07, 6.45) is 0.480. The zero-order valence-electron chi connectivity index (χ0n) is 13.4. The topological polar surface area (TPSA) is 32.7 Å². The van der Waals surface area contributed by atoms with Gasteiger partial charge in [-0.1, -0.05) is 54.2 Å². The van der Waals surface area contributed by atoms with E-state index in [0.717, 1.165) is 16.5 Å². The Morgan fingerprint density at radius 1 is 0.920 bits per heavy atom. The molecule has 25 heavy (non-hydrogen) atoms. The van der Waals surface area contributed by atoms with Gasteiger partial charge in [0.1, 0.15) is 0 Å². The maximum atomic E-state index is 12.9. The molecule has 1 amide bonds. The van der Waals surface area contributed by atoms with E-state index in [1.807, 2.05) is 66.7 Å². The highest BCUT2D eigenvalue weighted by atomic mass is 32.2. The van der Waals surface area contributed by atoms with Crippen molar-refractivity contribution in [3.63, 3.8) is 0 Å². The van der Waals surface area contributed by atoms with E-state index in [9.17, 15) is 4.79 Å². The lowest BCUT2D eigenvalue weighted by Gasteiger charge is -2.32. The van der Waals surface area contributed by atoms with E-state index in [1.54, 1.807) is 28.0 Å². The third-order valence-electron chi connectivity index (χ3n) is 3.90. The minimum Gasteiger partial charge on any atom is -0.274 e. The number of carbonyl (C=O) groups is 1. The molecule has 2 heterocycles. The summed E-state index contributed by atoms with van der Waals surface area (Å²) in [6.45, 7) is 0. The lowest BCUT2D eigenvalue weighted by atomic mass is 10.2. The van der Waals surface area contributed by atoms with Crippen LogP contribution in [0.15, 0.2) is 83.2 Å². The zero-order chi connectivity index (χ0) is 17.1. The summed E-state index contributed by atoms with van der Waals surface area (Å²) >= 11 is 3.35. The SMILES string of the molecule is O=C1C[C@H](c2cccs2)SC(=Nc2ccccc2)N1c1ccccc1. The number of carbonyl (C=O) groups excluding carboxylic acids is 1. The smallest absolute Gasteiger partial charge is 0.234 e. The molecule has 4 rings (SSSR count). The minimum absolute atomic E-state index is 0.0815. The van der Waals surface area contributed by atoms with Gasteiger partial charge in [0.2, 0.25) is 5.91 Å². The average Bonchev–Trinajstić information content (AvgIpc) is 3.18. The van der Waals surface area contributed by atoms with Crippen molar-refractivity contribution in [1.29, 1.82) is 0 Å². The lowest BCUT2D eigenvalue weighted by Crippen LogP contribution is -2.40. The fraction of sp³-hybridized carbons (Fsp3) is 0.100. The molecule has 5 heteroatoms. The second-order valence-corrected chi connectivity index (χ2v) is 7.77. The highest BCUT2D eigenvalue weighted by Gasteiger charge is 2.34. The maximum Gasteiger partial charge on any atom is 0.234 e. The van der Waals surface area contributed by atoms with Crippen molar-refractivity contribution < 1.29 is 4.79 Å². The molecule has 1 saturated heterocycles. The molecule has 124 valence electrons. The molecule has 1 aliphatic heterocycles. The van der Waals surface area contributed by atoms with Crippen LogP contribution in [-0.2, 0) is 4.79 Å². The van der Waals surface area contributed by atoms with Crippen LogP contribution in [0, 0.1) is 0 Å². The Bertz CT molecular complexity index is 877. The van der Waals surface area contributed by atoms with E-state index in [4.69, 9.17) is 4.99 Å². The van der Waals surface area contributed by atoms with Crippen LogP contribution in [0.2, 0.25) is 0 Å². The molecule has 0 bridgehead atoms. The second-order valence-electron chi connectivity index (χ2n) is 5.62. The van der Waals surface area contributed by atoms with Crippen molar-refractivity contribution >= 4 is 45.5 Å². The van der Waals surface area contributed by atoms with Crippen LogP contribution < -0.4 is 4.90 Å². The molecule has 1 aliphatic rings. The molecule has 0 N–H and O–H groups in total. The van der Waals surface area contributed by atoms with Crippen molar-refractivity contribution in [3.05, 3.63) is 83.1 Å². The Morgan fingerprint density at radius 3 is 2.32 bits per heavy atom. The molecule has 0 radical (unpaired) electrons. The van der Waals surface area contributed by atoms with E-state index in [1.165, 1.54) is 4.88 Å². The van der Waals surface area contributed by atoms with Crippen molar-refractivity contribution in [1.82, 2.24) is 0 Å². The van der Waals surface area contributed by atoms with Crippen LogP contribution in [0.25, 0.3) is 0 Å². The number of para-hydroxylation sites is 2.